The minimum Gasteiger partial charge on any atom is -0.463 e. The van der Waals surface area contributed by atoms with Crippen molar-refractivity contribution in [3.05, 3.63) is 69.3 Å². The highest BCUT2D eigenvalue weighted by molar-refractivity contribution is 6.63. The van der Waals surface area contributed by atoms with E-state index >= 15 is 0 Å². The zero-order chi connectivity index (χ0) is 22.3. The van der Waals surface area contributed by atoms with Crippen LogP contribution in [0.5, 0.6) is 0 Å². The highest BCUT2D eigenvalue weighted by Gasteiger charge is 2.35. The Balaban J connectivity index is 1.69. The number of nitrogens with one attached hydrogen (secondary N) is 1. The molecular formula is C24H27BFNO4. The highest BCUT2D eigenvalue weighted by atomic mass is 19.1. The molecule has 1 saturated heterocycles. The third-order valence-electron chi connectivity index (χ3n) is 5.58. The molecule has 5 nitrogen and oxygen atoms in total. The van der Waals surface area contributed by atoms with Crippen LogP contribution in [-0.4, -0.2) is 20.3 Å². The van der Waals surface area contributed by atoms with Gasteiger partial charge in [0.2, 0.25) is 0 Å². The Hall–Kier alpha value is -2.64. The van der Waals surface area contributed by atoms with Gasteiger partial charge in [-0.05, 0) is 50.6 Å². The smallest absolute Gasteiger partial charge is 0.463 e. The summed E-state index contributed by atoms with van der Waals surface area (Å²) in [5.41, 5.74) is 4.15. The van der Waals surface area contributed by atoms with Crippen molar-refractivity contribution in [2.45, 2.75) is 40.7 Å². The fourth-order valence-electron chi connectivity index (χ4n) is 3.88. The summed E-state index contributed by atoms with van der Waals surface area (Å²) < 4.78 is 31.7. The average Bonchev–Trinajstić information content (AvgIpc) is 2.72. The van der Waals surface area contributed by atoms with E-state index in [0.717, 1.165) is 11.1 Å². The number of halogens is 1. The van der Waals surface area contributed by atoms with E-state index < -0.39 is 7.12 Å². The molecule has 0 radical (unpaired) electrons. The summed E-state index contributed by atoms with van der Waals surface area (Å²) in [6.45, 7) is 10.8. The van der Waals surface area contributed by atoms with Gasteiger partial charge in [-0.25, -0.2) is 4.39 Å². The molecule has 1 aromatic heterocycles. The molecule has 7 heteroatoms. The maximum atomic E-state index is 14.1. The molecule has 3 aromatic rings. The summed E-state index contributed by atoms with van der Waals surface area (Å²) in [7, 11) is -0.645. The number of aryl methyl sites for hydroxylation is 2. The summed E-state index contributed by atoms with van der Waals surface area (Å²) in [6, 6.07) is 8.17. The normalized spacial score (nSPS) is 17.0. The summed E-state index contributed by atoms with van der Waals surface area (Å²) in [4.78, 5) is 12.6. The number of hydrogen-bond acceptors (Lipinski definition) is 5. The molecule has 0 saturated carbocycles. The van der Waals surface area contributed by atoms with Gasteiger partial charge < -0.3 is 19.0 Å². The van der Waals surface area contributed by atoms with E-state index in [9.17, 15) is 9.18 Å². The number of rotatable bonds is 4. The van der Waals surface area contributed by atoms with Crippen LogP contribution in [0.1, 0.15) is 43.5 Å². The molecular weight excluding hydrogens is 396 g/mol. The SMILES string of the molecule is Cc1cc(C(C)Nc2ccc(F)cc2B2OCC(C)(C)CO2)c2occ(C)c(=O)c2c1. The van der Waals surface area contributed by atoms with Crippen LogP contribution < -0.4 is 16.2 Å². The third-order valence-corrected chi connectivity index (χ3v) is 5.58. The molecule has 1 aliphatic heterocycles. The first-order valence-corrected chi connectivity index (χ1v) is 10.5. The van der Waals surface area contributed by atoms with Crippen molar-refractivity contribution in [3.8, 4) is 0 Å². The van der Waals surface area contributed by atoms with Gasteiger partial charge in [0, 0.05) is 40.9 Å². The second-order valence-corrected chi connectivity index (χ2v) is 9.19. The predicted molar refractivity (Wildman–Crippen MR) is 121 cm³/mol. The van der Waals surface area contributed by atoms with E-state index in [2.05, 4.69) is 19.2 Å². The molecule has 1 unspecified atom stereocenters. The van der Waals surface area contributed by atoms with Gasteiger partial charge in [0.15, 0.2) is 5.43 Å². The second-order valence-electron chi connectivity index (χ2n) is 9.19. The fourth-order valence-corrected chi connectivity index (χ4v) is 3.88. The van der Waals surface area contributed by atoms with E-state index in [-0.39, 0.29) is 22.7 Å². The van der Waals surface area contributed by atoms with Gasteiger partial charge in [0.1, 0.15) is 11.4 Å². The molecule has 0 amide bonds. The Labute approximate surface area is 181 Å². The van der Waals surface area contributed by atoms with Gasteiger partial charge in [-0.15, -0.1) is 0 Å². The molecule has 2 aromatic carbocycles. The van der Waals surface area contributed by atoms with E-state index in [1.165, 1.54) is 18.4 Å². The Kier molecular flexibility index (Phi) is 5.66. The second kappa shape index (κ2) is 8.13. The van der Waals surface area contributed by atoms with E-state index in [4.69, 9.17) is 13.7 Å². The molecule has 1 N–H and O–H groups in total. The predicted octanol–water partition coefficient (Wildman–Crippen LogP) is 4.49. The lowest BCUT2D eigenvalue weighted by molar-refractivity contribution is 0.0343. The molecule has 2 heterocycles. The Morgan fingerprint density at radius 1 is 1.13 bits per heavy atom. The summed E-state index contributed by atoms with van der Waals surface area (Å²) >= 11 is 0. The maximum Gasteiger partial charge on any atom is 0.496 e. The lowest BCUT2D eigenvalue weighted by Crippen LogP contribution is -2.48. The average molecular weight is 423 g/mol. The topological polar surface area (TPSA) is 60.7 Å². The van der Waals surface area contributed by atoms with Gasteiger partial charge in [0.05, 0.1) is 17.7 Å². The van der Waals surface area contributed by atoms with Crippen molar-refractivity contribution in [3.63, 3.8) is 0 Å². The van der Waals surface area contributed by atoms with Crippen LogP contribution in [0.25, 0.3) is 11.0 Å². The molecule has 0 aliphatic carbocycles. The van der Waals surface area contributed by atoms with Gasteiger partial charge in [-0.3, -0.25) is 4.79 Å². The number of hydrogen-bond donors (Lipinski definition) is 1. The Morgan fingerprint density at radius 3 is 2.55 bits per heavy atom. The fraction of sp³-hybridized carbons (Fsp3) is 0.375. The minimum atomic E-state index is -0.645. The summed E-state index contributed by atoms with van der Waals surface area (Å²) in [5.74, 6) is -0.354. The van der Waals surface area contributed by atoms with Crippen molar-refractivity contribution in [1.29, 1.82) is 0 Å². The standard InChI is InChI=1S/C24H27BFNO4/c1-14-8-18(23-19(9-14)22(28)15(2)11-29-23)16(3)27-21-7-6-17(26)10-20(21)25-30-12-24(4,5)13-31-25/h6-11,16,27H,12-13H2,1-5H3. The number of benzene rings is 2. The molecule has 0 spiro atoms. The highest BCUT2D eigenvalue weighted by Crippen LogP contribution is 2.28. The first-order valence-electron chi connectivity index (χ1n) is 10.5. The Morgan fingerprint density at radius 2 is 1.84 bits per heavy atom. The number of anilines is 1. The van der Waals surface area contributed by atoms with Crippen molar-refractivity contribution in [2.24, 2.45) is 5.41 Å². The molecule has 1 atom stereocenters. The van der Waals surface area contributed by atoms with Gasteiger partial charge in [-0.2, -0.15) is 0 Å². The zero-order valence-electron chi connectivity index (χ0n) is 18.5. The van der Waals surface area contributed by atoms with Crippen LogP contribution >= 0.6 is 0 Å². The van der Waals surface area contributed by atoms with Crippen LogP contribution in [0, 0.1) is 25.1 Å². The molecule has 162 valence electrons. The lowest BCUT2D eigenvalue weighted by atomic mass is 9.74. The first-order chi connectivity index (χ1) is 14.6. The van der Waals surface area contributed by atoms with Crippen LogP contribution in [0.3, 0.4) is 0 Å². The van der Waals surface area contributed by atoms with E-state index in [1.807, 2.05) is 26.0 Å². The Bertz CT molecular complexity index is 1180. The van der Waals surface area contributed by atoms with Gasteiger partial charge >= 0.3 is 7.12 Å². The van der Waals surface area contributed by atoms with Gasteiger partial charge in [-0.1, -0.05) is 19.9 Å². The van der Waals surface area contributed by atoms with Crippen LogP contribution in [0.15, 0.2) is 45.8 Å². The zero-order valence-corrected chi connectivity index (χ0v) is 18.5. The first kappa shape index (κ1) is 21.6. The monoisotopic (exact) mass is 423 g/mol. The minimum absolute atomic E-state index is 0.0347. The van der Waals surface area contributed by atoms with Gasteiger partial charge in [0.25, 0.3) is 0 Å². The summed E-state index contributed by atoms with van der Waals surface area (Å²) in [6.07, 6.45) is 1.49. The third kappa shape index (κ3) is 4.38. The molecule has 1 fully saturated rings. The lowest BCUT2D eigenvalue weighted by Gasteiger charge is -2.34. The van der Waals surface area contributed by atoms with Crippen molar-refractivity contribution in [1.82, 2.24) is 0 Å². The van der Waals surface area contributed by atoms with Crippen LogP contribution in [0.2, 0.25) is 0 Å². The maximum absolute atomic E-state index is 14.1. The molecule has 0 bridgehead atoms. The van der Waals surface area contributed by atoms with Crippen molar-refractivity contribution < 1.29 is 18.1 Å². The van der Waals surface area contributed by atoms with Crippen molar-refractivity contribution in [2.75, 3.05) is 18.5 Å². The van der Waals surface area contributed by atoms with Crippen molar-refractivity contribution >= 4 is 29.2 Å². The number of fused-ring (bicyclic) bond motifs is 1. The largest absolute Gasteiger partial charge is 0.496 e. The molecule has 4 rings (SSSR count). The van der Waals surface area contributed by atoms with E-state index in [0.29, 0.717) is 40.9 Å². The van der Waals surface area contributed by atoms with Crippen LogP contribution in [0.4, 0.5) is 10.1 Å². The molecule has 1 aliphatic rings. The summed E-state index contributed by atoms with van der Waals surface area (Å²) in [5, 5.41) is 4.00. The quantitative estimate of drug-likeness (QED) is 0.627. The van der Waals surface area contributed by atoms with Crippen LogP contribution in [-0.2, 0) is 9.31 Å². The van der Waals surface area contributed by atoms with E-state index in [1.54, 1.807) is 13.0 Å². The molecule has 31 heavy (non-hydrogen) atoms.